The number of carbonyl (C=O) groups is 1. The van der Waals surface area contributed by atoms with Crippen molar-refractivity contribution in [2.45, 2.75) is 13.5 Å². The van der Waals surface area contributed by atoms with Gasteiger partial charge < -0.3 is 9.64 Å². The summed E-state index contributed by atoms with van der Waals surface area (Å²) >= 11 is 0. The van der Waals surface area contributed by atoms with Crippen molar-refractivity contribution in [1.82, 2.24) is 4.90 Å². The lowest BCUT2D eigenvalue weighted by atomic mass is 10.2. The van der Waals surface area contributed by atoms with Gasteiger partial charge in [-0.05, 0) is 23.3 Å². The lowest BCUT2D eigenvalue weighted by Crippen LogP contribution is -2.31. The Hall–Kier alpha value is -1.51. The van der Waals surface area contributed by atoms with Crippen LogP contribution in [0.4, 0.5) is 4.79 Å². The standard InChI is InChI=1S/C14H17NO2/c1-10-12-7-15(8-13(10)12)14(16)17-9-11-5-3-2-4-6-11/h2-6,10,12-13H,7-9H2,1H3. The second kappa shape index (κ2) is 4.06. The van der Waals surface area contributed by atoms with Crippen LogP contribution in [0.1, 0.15) is 12.5 Å². The average molecular weight is 231 g/mol. The fourth-order valence-corrected chi connectivity index (χ4v) is 2.78. The number of fused-ring (bicyclic) bond motifs is 1. The molecule has 1 amide bonds. The van der Waals surface area contributed by atoms with Crippen LogP contribution in [0.3, 0.4) is 0 Å². The van der Waals surface area contributed by atoms with Crippen LogP contribution in [-0.4, -0.2) is 24.1 Å². The van der Waals surface area contributed by atoms with Gasteiger partial charge in [-0.25, -0.2) is 4.79 Å². The Morgan fingerprint density at radius 3 is 2.59 bits per heavy atom. The van der Waals surface area contributed by atoms with Crippen LogP contribution in [0, 0.1) is 17.8 Å². The van der Waals surface area contributed by atoms with Crippen LogP contribution in [0.2, 0.25) is 0 Å². The van der Waals surface area contributed by atoms with Gasteiger partial charge in [-0.3, -0.25) is 0 Å². The molecule has 0 bridgehead atoms. The zero-order valence-electron chi connectivity index (χ0n) is 10.0. The summed E-state index contributed by atoms with van der Waals surface area (Å²) in [4.78, 5) is 13.6. The summed E-state index contributed by atoms with van der Waals surface area (Å²) in [5.41, 5.74) is 1.04. The molecule has 1 aromatic rings. The van der Waals surface area contributed by atoms with E-state index < -0.39 is 0 Å². The Morgan fingerprint density at radius 1 is 1.29 bits per heavy atom. The van der Waals surface area contributed by atoms with E-state index in [2.05, 4.69) is 6.92 Å². The highest BCUT2D eigenvalue weighted by Crippen LogP contribution is 2.51. The maximum Gasteiger partial charge on any atom is 0.410 e. The van der Waals surface area contributed by atoms with Crippen LogP contribution in [0.5, 0.6) is 0 Å². The molecule has 1 heterocycles. The van der Waals surface area contributed by atoms with Crippen molar-refractivity contribution in [1.29, 1.82) is 0 Å². The molecule has 1 saturated carbocycles. The van der Waals surface area contributed by atoms with Crippen molar-refractivity contribution >= 4 is 6.09 Å². The molecule has 3 heteroatoms. The van der Waals surface area contributed by atoms with Gasteiger partial charge in [0.1, 0.15) is 6.61 Å². The maximum absolute atomic E-state index is 11.8. The topological polar surface area (TPSA) is 29.5 Å². The molecule has 2 atom stereocenters. The van der Waals surface area contributed by atoms with E-state index in [4.69, 9.17) is 4.74 Å². The van der Waals surface area contributed by atoms with Gasteiger partial charge in [0.25, 0.3) is 0 Å². The fourth-order valence-electron chi connectivity index (χ4n) is 2.78. The molecular formula is C14H17NO2. The summed E-state index contributed by atoms with van der Waals surface area (Å²) in [6.45, 7) is 4.42. The van der Waals surface area contributed by atoms with E-state index in [0.29, 0.717) is 6.61 Å². The van der Waals surface area contributed by atoms with E-state index in [9.17, 15) is 4.79 Å². The third-order valence-electron chi connectivity index (χ3n) is 4.09. The highest BCUT2D eigenvalue weighted by molar-refractivity contribution is 5.68. The maximum atomic E-state index is 11.8. The quantitative estimate of drug-likeness (QED) is 0.782. The lowest BCUT2D eigenvalue weighted by Gasteiger charge is -2.18. The zero-order valence-corrected chi connectivity index (χ0v) is 10.0. The van der Waals surface area contributed by atoms with Crippen LogP contribution in [0.25, 0.3) is 0 Å². The molecule has 1 aromatic carbocycles. The van der Waals surface area contributed by atoms with Crippen molar-refractivity contribution in [2.75, 3.05) is 13.1 Å². The minimum Gasteiger partial charge on any atom is -0.445 e. The molecule has 0 spiro atoms. The first-order valence-electron chi connectivity index (χ1n) is 6.21. The van der Waals surface area contributed by atoms with Gasteiger partial charge in [0.2, 0.25) is 0 Å². The Kier molecular flexibility index (Phi) is 2.54. The number of rotatable bonds is 2. The average Bonchev–Trinajstić information content (AvgIpc) is 2.81. The van der Waals surface area contributed by atoms with Crippen LogP contribution < -0.4 is 0 Å². The van der Waals surface area contributed by atoms with Crippen LogP contribution in [-0.2, 0) is 11.3 Å². The third-order valence-corrected chi connectivity index (χ3v) is 4.09. The first-order chi connectivity index (χ1) is 8.25. The normalized spacial score (nSPS) is 29.9. The number of nitrogens with zero attached hydrogens (tertiary/aromatic N) is 1. The highest BCUT2D eigenvalue weighted by atomic mass is 16.6. The number of likely N-dealkylation sites (tertiary alicyclic amines) is 1. The van der Waals surface area contributed by atoms with Crippen molar-refractivity contribution in [2.24, 2.45) is 17.8 Å². The molecule has 2 unspecified atom stereocenters. The van der Waals surface area contributed by atoms with Crippen molar-refractivity contribution < 1.29 is 9.53 Å². The minimum absolute atomic E-state index is 0.159. The molecule has 1 saturated heterocycles. The van der Waals surface area contributed by atoms with Gasteiger partial charge in [-0.1, -0.05) is 37.3 Å². The first-order valence-corrected chi connectivity index (χ1v) is 6.21. The number of piperidine rings is 1. The molecule has 3 nitrogen and oxygen atoms in total. The fraction of sp³-hybridized carbons (Fsp3) is 0.500. The Bertz CT molecular complexity index is 405. The second-order valence-corrected chi connectivity index (χ2v) is 5.13. The number of hydrogen-bond acceptors (Lipinski definition) is 2. The number of benzene rings is 1. The summed E-state index contributed by atoms with van der Waals surface area (Å²) in [6, 6.07) is 9.81. The molecule has 17 heavy (non-hydrogen) atoms. The Morgan fingerprint density at radius 2 is 1.94 bits per heavy atom. The van der Waals surface area contributed by atoms with Crippen molar-refractivity contribution in [3.8, 4) is 0 Å². The Balaban J connectivity index is 1.49. The van der Waals surface area contributed by atoms with E-state index in [0.717, 1.165) is 36.4 Å². The van der Waals surface area contributed by atoms with Gasteiger partial charge >= 0.3 is 6.09 Å². The minimum atomic E-state index is -0.159. The molecule has 3 rings (SSSR count). The van der Waals surface area contributed by atoms with Gasteiger partial charge in [0.15, 0.2) is 0 Å². The van der Waals surface area contributed by atoms with Gasteiger partial charge in [0, 0.05) is 13.1 Å². The lowest BCUT2D eigenvalue weighted by molar-refractivity contribution is 0.0990. The summed E-state index contributed by atoms with van der Waals surface area (Å²) in [6.07, 6.45) is -0.159. The summed E-state index contributed by atoms with van der Waals surface area (Å²) in [5, 5.41) is 0. The molecule has 1 aliphatic heterocycles. The summed E-state index contributed by atoms with van der Waals surface area (Å²) < 4.78 is 5.30. The smallest absolute Gasteiger partial charge is 0.410 e. The molecule has 2 aliphatic rings. The number of ether oxygens (including phenoxy) is 1. The number of carbonyl (C=O) groups excluding carboxylic acids is 1. The first kappa shape index (κ1) is 10.6. The molecule has 1 aliphatic carbocycles. The predicted octanol–water partition coefficient (Wildman–Crippen LogP) is 2.52. The predicted molar refractivity (Wildman–Crippen MR) is 64.3 cm³/mol. The molecular weight excluding hydrogens is 214 g/mol. The number of amides is 1. The monoisotopic (exact) mass is 231 g/mol. The number of hydrogen-bond donors (Lipinski definition) is 0. The SMILES string of the molecule is CC1C2CN(C(=O)OCc3ccccc3)CC12. The van der Waals surface area contributed by atoms with Crippen LogP contribution in [0.15, 0.2) is 30.3 Å². The largest absolute Gasteiger partial charge is 0.445 e. The molecule has 90 valence electrons. The van der Waals surface area contributed by atoms with Crippen LogP contribution >= 0.6 is 0 Å². The molecule has 0 aromatic heterocycles. The zero-order chi connectivity index (χ0) is 11.8. The van der Waals surface area contributed by atoms with E-state index in [1.807, 2.05) is 35.2 Å². The van der Waals surface area contributed by atoms with Crippen molar-refractivity contribution in [3.05, 3.63) is 35.9 Å². The molecule has 0 N–H and O–H groups in total. The van der Waals surface area contributed by atoms with Gasteiger partial charge in [-0.2, -0.15) is 0 Å². The van der Waals surface area contributed by atoms with E-state index in [-0.39, 0.29) is 6.09 Å². The van der Waals surface area contributed by atoms with E-state index in [1.165, 1.54) is 0 Å². The Labute approximate surface area is 101 Å². The third kappa shape index (κ3) is 2.02. The molecule has 2 fully saturated rings. The van der Waals surface area contributed by atoms with Gasteiger partial charge in [-0.15, -0.1) is 0 Å². The molecule has 0 radical (unpaired) electrons. The highest BCUT2D eigenvalue weighted by Gasteiger charge is 2.54. The van der Waals surface area contributed by atoms with Gasteiger partial charge in [0.05, 0.1) is 0 Å². The van der Waals surface area contributed by atoms with Crippen molar-refractivity contribution in [3.63, 3.8) is 0 Å². The summed E-state index contributed by atoms with van der Waals surface area (Å²) in [5.74, 6) is 2.28. The van der Waals surface area contributed by atoms with E-state index in [1.54, 1.807) is 0 Å². The second-order valence-electron chi connectivity index (χ2n) is 5.13. The summed E-state index contributed by atoms with van der Waals surface area (Å²) in [7, 11) is 0. The van der Waals surface area contributed by atoms with E-state index >= 15 is 0 Å².